The van der Waals surface area contributed by atoms with Crippen LogP contribution in [0.3, 0.4) is 0 Å². The zero-order valence-electron chi connectivity index (χ0n) is 14.6. The monoisotopic (exact) mass is 368 g/mol. The van der Waals surface area contributed by atoms with Gasteiger partial charge in [-0.05, 0) is 27.7 Å². The Kier molecular flexibility index (Phi) is 4.41. The number of aromatic nitrogens is 2. The molecule has 136 valence electrons. The van der Waals surface area contributed by atoms with E-state index in [2.05, 4.69) is 10.3 Å². The summed E-state index contributed by atoms with van der Waals surface area (Å²) in [6, 6.07) is 0. The van der Waals surface area contributed by atoms with Gasteiger partial charge in [-0.25, -0.2) is 8.42 Å². The summed E-state index contributed by atoms with van der Waals surface area (Å²) in [6.07, 6.45) is 0. The molecule has 0 unspecified atom stereocenters. The zero-order valence-corrected chi connectivity index (χ0v) is 15.4. The van der Waals surface area contributed by atoms with Crippen LogP contribution in [0.1, 0.15) is 33.3 Å². The number of amides is 1. The maximum absolute atomic E-state index is 12.8. The molecule has 0 aromatic carbocycles. The fourth-order valence-corrected chi connectivity index (χ4v) is 4.76. The topological polar surface area (TPSA) is 110 Å². The van der Waals surface area contributed by atoms with Gasteiger partial charge in [-0.1, -0.05) is 10.3 Å². The standard InChI is InChI=1S/C15H20N4O5S/c1-9-13(11(3)23-16-9)15(20)18-5-7-19(8-6-18)25(21,22)14-10(2)17-24-12(14)4/h5-8H2,1-4H3. The van der Waals surface area contributed by atoms with Gasteiger partial charge in [-0.3, -0.25) is 4.79 Å². The molecule has 9 nitrogen and oxygen atoms in total. The minimum Gasteiger partial charge on any atom is -0.361 e. The lowest BCUT2D eigenvalue weighted by atomic mass is 10.1. The van der Waals surface area contributed by atoms with E-state index in [0.29, 0.717) is 35.8 Å². The molecule has 0 atom stereocenters. The summed E-state index contributed by atoms with van der Waals surface area (Å²) in [5.41, 5.74) is 1.32. The quantitative estimate of drug-likeness (QED) is 0.796. The molecule has 1 aliphatic heterocycles. The van der Waals surface area contributed by atoms with Crippen LogP contribution < -0.4 is 0 Å². The lowest BCUT2D eigenvalue weighted by Gasteiger charge is -2.33. The van der Waals surface area contributed by atoms with Crippen LogP contribution in [0.4, 0.5) is 0 Å². The second-order valence-electron chi connectivity index (χ2n) is 6.05. The summed E-state index contributed by atoms with van der Waals surface area (Å²) in [7, 11) is -3.69. The highest BCUT2D eigenvalue weighted by molar-refractivity contribution is 7.89. The molecule has 0 N–H and O–H groups in total. The van der Waals surface area contributed by atoms with E-state index in [9.17, 15) is 13.2 Å². The Bertz CT molecular complexity index is 867. The highest BCUT2D eigenvalue weighted by atomic mass is 32.2. The molecule has 10 heteroatoms. The Morgan fingerprint density at radius 1 is 0.920 bits per heavy atom. The highest BCUT2D eigenvalue weighted by Gasteiger charge is 2.35. The SMILES string of the molecule is Cc1noc(C)c1C(=O)N1CCN(S(=O)(=O)c2c(C)noc2C)CC1. The Labute approximate surface area is 145 Å². The average Bonchev–Trinajstić information content (AvgIpc) is 3.09. The number of carbonyl (C=O) groups excluding carboxylic acids is 1. The van der Waals surface area contributed by atoms with Gasteiger partial charge in [-0.15, -0.1) is 0 Å². The van der Waals surface area contributed by atoms with Gasteiger partial charge < -0.3 is 13.9 Å². The summed E-state index contributed by atoms with van der Waals surface area (Å²) >= 11 is 0. The Morgan fingerprint density at radius 3 is 1.96 bits per heavy atom. The van der Waals surface area contributed by atoms with Crippen molar-refractivity contribution in [2.75, 3.05) is 26.2 Å². The van der Waals surface area contributed by atoms with E-state index in [4.69, 9.17) is 9.05 Å². The first-order valence-electron chi connectivity index (χ1n) is 7.88. The number of aryl methyl sites for hydroxylation is 4. The third-order valence-corrected chi connectivity index (χ3v) is 6.48. The highest BCUT2D eigenvalue weighted by Crippen LogP contribution is 2.25. The van der Waals surface area contributed by atoms with E-state index in [-0.39, 0.29) is 29.7 Å². The molecule has 3 rings (SSSR count). The van der Waals surface area contributed by atoms with Crippen molar-refractivity contribution in [3.63, 3.8) is 0 Å². The fourth-order valence-electron chi connectivity index (χ4n) is 3.05. The minimum absolute atomic E-state index is 0.109. The Morgan fingerprint density at radius 2 is 1.48 bits per heavy atom. The van der Waals surface area contributed by atoms with E-state index in [0.717, 1.165) is 0 Å². The lowest BCUT2D eigenvalue weighted by Crippen LogP contribution is -2.50. The molecule has 2 aromatic heterocycles. The first-order chi connectivity index (χ1) is 11.7. The molecule has 1 amide bonds. The lowest BCUT2D eigenvalue weighted by molar-refractivity contribution is 0.0695. The van der Waals surface area contributed by atoms with Gasteiger partial charge >= 0.3 is 0 Å². The van der Waals surface area contributed by atoms with Crippen LogP contribution in [0.5, 0.6) is 0 Å². The van der Waals surface area contributed by atoms with Crippen molar-refractivity contribution in [2.24, 2.45) is 0 Å². The van der Waals surface area contributed by atoms with Gasteiger partial charge in [0.05, 0.1) is 5.69 Å². The van der Waals surface area contributed by atoms with Crippen molar-refractivity contribution < 1.29 is 22.3 Å². The Balaban J connectivity index is 1.75. The summed E-state index contributed by atoms with van der Waals surface area (Å²) in [5.74, 6) is 0.547. The first-order valence-corrected chi connectivity index (χ1v) is 9.32. The van der Waals surface area contributed by atoms with Crippen molar-refractivity contribution in [1.29, 1.82) is 0 Å². The number of sulfonamides is 1. The van der Waals surface area contributed by atoms with E-state index >= 15 is 0 Å². The van der Waals surface area contributed by atoms with Crippen LogP contribution in [-0.2, 0) is 10.0 Å². The Hall–Kier alpha value is -2.20. The number of rotatable bonds is 3. The second kappa shape index (κ2) is 6.26. The molecule has 0 bridgehead atoms. The molecule has 0 radical (unpaired) electrons. The van der Waals surface area contributed by atoms with Gasteiger partial charge in [0.15, 0.2) is 5.76 Å². The summed E-state index contributed by atoms with van der Waals surface area (Å²) in [5, 5.41) is 7.50. The summed E-state index contributed by atoms with van der Waals surface area (Å²) < 4.78 is 37.0. The van der Waals surface area contributed by atoms with Crippen LogP contribution in [0.25, 0.3) is 0 Å². The molecule has 0 saturated carbocycles. The second-order valence-corrected chi connectivity index (χ2v) is 7.92. The molecule has 1 aliphatic rings. The normalized spacial score (nSPS) is 16.4. The van der Waals surface area contributed by atoms with Crippen molar-refractivity contribution in [2.45, 2.75) is 32.6 Å². The largest absolute Gasteiger partial charge is 0.361 e. The third kappa shape index (κ3) is 2.95. The molecule has 2 aromatic rings. The maximum Gasteiger partial charge on any atom is 0.259 e. The smallest absolute Gasteiger partial charge is 0.259 e. The predicted molar refractivity (Wildman–Crippen MR) is 86.6 cm³/mol. The van der Waals surface area contributed by atoms with Crippen molar-refractivity contribution in [3.8, 4) is 0 Å². The maximum atomic E-state index is 12.8. The van der Waals surface area contributed by atoms with Crippen molar-refractivity contribution in [1.82, 2.24) is 19.5 Å². The van der Waals surface area contributed by atoms with Crippen LogP contribution >= 0.6 is 0 Å². The van der Waals surface area contributed by atoms with Crippen LogP contribution in [0, 0.1) is 27.7 Å². The number of piperazine rings is 1. The number of hydrogen-bond donors (Lipinski definition) is 0. The van der Waals surface area contributed by atoms with E-state index < -0.39 is 10.0 Å². The van der Waals surface area contributed by atoms with Gasteiger partial charge in [0.25, 0.3) is 5.91 Å². The average molecular weight is 368 g/mol. The predicted octanol–water partition coefficient (Wildman–Crippen LogP) is 1.04. The molecule has 1 fully saturated rings. The summed E-state index contributed by atoms with van der Waals surface area (Å²) in [4.78, 5) is 14.4. The van der Waals surface area contributed by atoms with E-state index in [1.807, 2.05) is 0 Å². The molecular formula is C15H20N4O5S. The van der Waals surface area contributed by atoms with Gasteiger partial charge in [-0.2, -0.15) is 4.31 Å². The van der Waals surface area contributed by atoms with Crippen molar-refractivity contribution >= 4 is 15.9 Å². The molecule has 0 spiro atoms. The summed E-state index contributed by atoms with van der Waals surface area (Å²) in [6.45, 7) is 7.58. The van der Waals surface area contributed by atoms with Crippen LogP contribution in [0.2, 0.25) is 0 Å². The zero-order chi connectivity index (χ0) is 18.4. The number of hydrogen-bond acceptors (Lipinski definition) is 7. The van der Waals surface area contributed by atoms with Gasteiger partial charge in [0.2, 0.25) is 10.0 Å². The van der Waals surface area contributed by atoms with Crippen LogP contribution in [0.15, 0.2) is 13.9 Å². The van der Waals surface area contributed by atoms with Crippen LogP contribution in [-0.4, -0.2) is 60.0 Å². The molecule has 3 heterocycles. The minimum atomic E-state index is -3.69. The third-order valence-electron chi connectivity index (χ3n) is 4.34. The molecule has 0 aliphatic carbocycles. The molecular weight excluding hydrogens is 348 g/mol. The van der Waals surface area contributed by atoms with E-state index in [1.165, 1.54) is 4.31 Å². The fraction of sp³-hybridized carbons (Fsp3) is 0.533. The van der Waals surface area contributed by atoms with Gasteiger partial charge in [0.1, 0.15) is 21.9 Å². The van der Waals surface area contributed by atoms with Gasteiger partial charge in [0, 0.05) is 26.2 Å². The number of carbonyl (C=O) groups is 1. The van der Waals surface area contributed by atoms with Crippen molar-refractivity contribution in [3.05, 3.63) is 28.5 Å². The molecule has 25 heavy (non-hydrogen) atoms. The molecule has 1 saturated heterocycles. The first kappa shape index (κ1) is 17.6. The van der Waals surface area contributed by atoms with E-state index in [1.54, 1.807) is 32.6 Å². The number of nitrogens with zero attached hydrogens (tertiary/aromatic N) is 4.